The summed E-state index contributed by atoms with van der Waals surface area (Å²) in [5.41, 5.74) is -0.976. The molecule has 1 aromatic rings. The molecule has 0 radical (unpaired) electrons. The number of carboxylic acid groups (broad SMARTS) is 1. The van der Waals surface area contributed by atoms with E-state index < -0.39 is 17.2 Å². The molecule has 0 fully saturated rings. The molecule has 0 atom stereocenters. The first-order valence-corrected chi connectivity index (χ1v) is 6.70. The number of carboxylic acids is 1. The van der Waals surface area contributed by atoms with Gasteiger partial charge in [0.25, 0.3) is 0 Å². The molecule has 4 nitrogen and oxygen atoms in total. The van der Waals surface area contributed by atoms with Crippen molar-refractivity contribution in [2.24, 2.45) is 5.41 Å². The van der Waals surface area contributed by atoms with Crippen molar-refractivity contribution in [2.75, 3.05) is 13.2 Å². The molecule has 0 amide bonds. The van der Waals surface area contributed by atoms with Crippen LogP contribution in [0.2, 0.25) is 5.02 Å². The van der Waals surface area contributed by atoms with Crippen molar-refractivity contribution in [2.45, 2.75) is 26.7 Å². The molecule has 0 saturated carbocycles. The quantitative estimate of drug-likeness (QED) is 0.931. The molecule has 20 heavy (non-hydrogen) atoms. The normalized spacial score (nSPS) is 14.8. The highest BCUT2D eigenvalue weighted by molar-refractivity contribution is 6.31. The minimum Gasteiger partial charge on any atom is -0.489 e. The van der Waals surface area contributed by atoms with E-state index in [1.807, 2.05) is 0 Å². The zero-order chi connectivity index (χ0) is 14.9. The van der Waals surface area contributed by atoms with Gasteiger partial charge in [-0.15, -0.1) is 0 Å². The van der Waals surface area contributed by atoms with Crippen LogP contribution in [0.5, 0.6) is 11.5 Å². The van der Waals surface area contributed by atoms with Gasteiger partial charge >= 0.3 is 5.97 Å². The summed E-state index contributed by atoms with van der Waals surface area (Å²) in [5.74, 6) is -1.03. The number of halogens is 2. The summed E-state index contributed by atoms with van der Waals surface area (Å²) in [6.45, 7) is 3.91. The lowest BCUT2D eigenvalue weighted by atomic mass is 9.85. The summed E-state index contributed by atoms with van der Waals surface area (Å²) in [5, 5.41) is 9.10. The van der Waals surface area contributed by atoms with E-state index >= 15 is 0 Å². The molecular weight excluding hydrogens is 287 g/mol. The van der Waals surface area contributed by atoms with Crippen molar-refractivity contribution >= 4 is 17.6 Å². The Labute approximate surface area is 121 Å². The average Bonchev–Trinajstić information content (AvgIpc) is 2.59. The molecule has 1 aliphatic rings. The first-order chi connectivity index (χ1) is 9.33. The Balaban J connectivity index is 2.50. The van der Waals surface area contributed by atoms with Crippen molar-refractivity contribution in [1.29, 1.82) is 0 Å². The van der Waals surface area contributed by atoms with Gasteiger partial charge in [0.2, 0.25) is 0 Å². The van der Waals surface area contributed by atoms with Gasteiger partial charge in [0.1, 0.15) is 5.82 Å². The van der Waals surface area contributed by atoms with E-state index in [0.717, 1.165) is 0 Å². The lowest BCUT2D eigenvalue weighted by Gasteiger charge is -2.22. The molecule has 1 aliphatic heterocycles. The van der Waals surface area contributed by atoms with Gasteiger partial charge in [0.05, 0.1) is 23.7 Å². The molecule has 1 N–H and O–H groups in total. The zero-order valence-corrected chi connectivity index (χ0v) is 12.1. The Morgan fingerprint density at radius 3 is 2.75 bits per heavy atom. The van der Waals surface area contributed by atoms with Crippen LogP contribution < -0.4 is 9.47 Å². The third-order valence-corrected chi connectivity index (χ3v) is 3.50. The fourth-order valence-corrected chi connectivity index (χ4v) is 2.21. The van der Waals surface area contributed by atoms with Gasteiger partial charge in [-0.05, 0) is 20.3 Å². The van der Waals surface area contributed by atoms with Gasteiger partial charge in [-0.25, -0.2) is 4.39 Å². The molecule has 1 aromatic carbocycles. The van der Waals surface area contributed by atoms with Crippen LogP contribution in [-0.2, 0) is 11.2 Å². The second-order valence-electron chi connectivity index (χ2n) is 5.39. The second-order valence-corrected chi connectivity index (χ2v) is 5.80. The van der Waals surface area contributed by atoms with Gasteiger partial charge in [-0.1, -0.05) is 11.6 Å². The van der Waals surface area contributed by atoms with Gasteiger partial charge in [0.15, 0.2) is 11.5 Å². The minimum absolute atomic E-state index is 0.0274. The molecular formula is C14H16ClFO4. The van der Waals surface area contributed by atoms with Crippen LogP contribution in [0.4, 0.5) is 4.39 Å². The van der Waals surface area contributed by atoms with Crippen LogP contribution in [0.3, 0.4) is 0 Å². The van der Waals surface area contributed by atoms with Gasteiger partial charge in [-0.3, -0.25) is 4.79 Å². The number of carbonyl (C=O) groups is 1. The van der Waals surface area contributed by atoms with E-state index in [-0.39, 0.29) is 22.8 Å². The maximum Gasteiger partial charge on any atom is 0.309 e. The van der Waals surface area contributed by atoms with Gasteiger partial charge in [0, 0.05) is 18.1 Å². The fraction of sp³-hybridized carbons (Fsp3) is 0.500. The lowest BCUT2D eigenvalue weighted by molar-refractivity contribution is -0.146. The molecule has 110 valence electrons. The Morgan fingerprint density at radius 2 is 2.10 bits per heavy atom. The van der Waals surface area contributed by atoms with E-state index in [9.17, 15) is 14.3 Å². The molecule has 2 rings (SSSR count). The fourth-order valence-electron chi connectivity index (χ4n) is 1.99. The molecule has 6 heteroatoms. The Morgan fingerprint density at radius 1 is 1.45 bits per heavy atom. The van der Waals surface area contributed by atoms with E-state index in [0.29, 0.717) is 25.4 Å². The molecule has 0 spiro atoms. The lowest BCUT2D eigenvalue weighted by Crippen LogP contribution is -2.27. The summed E-state index contributed by atoms with van der Waals surface area (Å²) < 4.78 is 25.3. The van der Waals surface area contributed by atoms with E-state index in [4.69, 9.17) is 21.1 Å². The number of fused-ring (bicyclic) bond motifs is 1. The summed E-state index contributed by atoms with van der Waals surface area (Å²) in [6, 6.07) is 1.37. The first-order valence-electron chi connectivity index (χ1n) is 6.33. The van der Waals surface area contributed by atoms with Crippen molar-refractivity contribution < 1.29 is 23.8 Å². The van der Waals surface area contributed by atoms with E-state index in [1.54, 1.807) is 0 Å². The van der Waals surface area contributed by atoms with Crippen LogP contribution in [0, 0.1) is 11.2 Å². The number of aliphatic carboxylic acids is 1. The van der Waals surface area contributed by atoms with Crippen LogP contribution in [0.15, 0.2) is 6.07 Å². The van der Waals surface area contributed by atoms with E-state index in [1.165, 1.54) is 19.9 Å². The molecule has 0 unspecified atom stereocenters. The molecule has 0 bridgehead atoms. The van der Waals surface area contributed by atoms with Crippen LogP contribution in [-0.4, -0.2) is 24.3 Å². The number of hydrogen-bond acceptors (Lipinski definition) is 3. The van der Waals surface area contributed by atoms with Crippen LogP contribution in [0.25, 0.3) is 0 Å². The topological polar surface area (TPSA) is 55.8 Å². The number of hydrogen-bond donors (Lipinski definition) is 1. The first kappa shape index (κ1) is 14.9. The molecule has 0 saturated heterocycles. The predicted molar refractivity (Wildman–Crippen MR) is 72.1 cm³/mol. The van der Waals surface area contributed by atoms with Crippen LogP contribution >= 0.6 is 11.6 Å². The number of rotatable bonds is 3. The molecule has 0 aromatic heterocycles. The largest absolute Gasteiger partial charge is 0.489 e. The maximum atomic E-state index is 14.3. The summed E-state index contributed by atoms with van der Waals surface area (Å²) in [4.78, 5) is 11.2. The molecule has 1 heterocycles. The second kappa shape index (κ2) is 5.48. The number of ether oxygens (including phenoxy) is 2. The summed E-state index contributed by atoms with van der Waals surface area (Å²) in [6.07, 6.45) is 0.649. The summed E-state index contributed by atoms with van der Waals surface area (Å²) >= 11 is 5.85. The highest BCUT2D eigenvalue weighted by atomic mass is 35.5. The Kier molecular flexibility index (Phi) is 4.09. The standard InChI is InChI=1S/C14H16ClFO4/c1-14(2,13(17)18)7-8-11(16)9(15)6-10-12(8)20-5-3-4-19-10/h6H,3-5,7H2,1-2H3,(H,17,18). The zero-order valence-electron chi connectivity index (χ0n) is 11.3. The highest BCUT2D eigenvalue weighted by Crippen LogP contribution is 2.41. The van der Waals surface area contributed by atoms with Crippen molar-refractivity contribution in [3.8, 4) is 11.5 Å². The van der Waals surface area contributed by atoms with Crippen molar-refractivity contribution in [1.82, 2.24) is 0 Å². The van der Waals surface area contributed by atoms with Crippen molar-refractivity contribution in [3.05, 3.63) is 22.5 Å². The van der Waals surface area contributed by atoms with Crippen molar-refractivity contribution in [3.63, 3.8) is 0 Å². The van der Waals surface area contributed by atoms with Crippen LogP contribution in [0.1, 0.15) is 25.8 Å². The monoisotopic (exact) mass is 302 g/mol. The maximum absolute atomic E-state index is 14.3. The SMILES string of the molecule is CC(C)(Cc1c(F)c(Cl)cc2c1OCCCO2)C(=O)O. The smallest absolute Gasteiger partial charge is 0.309 e. The Hall–Kier alpha value is -1.49. The average molecular weight is 303 g/mol. The minimum atomic E-state index is -1.13. The van der Waals surface area contributed by atoms with E-state index in [2.05, 4.69) is 0 Å². The summed E-state index contributed by atoms with van der Waals surface area (Å²) in [7, 11) is 0. The predicted octanol–water partition coefficient (Wildman–Crippen LogP) is 3.29. The Bertz CT molecular complexity index is 542. The van der Waals surface area contributed by atoms with Gasteiger partial charge in [-0.2, -0.15) is 0 Å². The number of benzene rings is 1. The van der Waals surface area contributed by atoms with Gasteiger partial charge < -0.3 is 14.6 Å². The molecule has 0 aliphatic carbocycles. The third kappa shape index (κ3) is 2.82. The third-order valence-electron chi connectivity index (χ3n) is 3.22. The highest BCUT2D eigenvalue weighted by Gasteiger charge is 2.32.